The van der Waals surface area contributed by atoms with E-state index >= 15 is 0 Å². The molecule has 0 aliphatic heterocycles. The summed E-state index contributed by atoms with van der Waals surface area (Å²) in [6.45, 7) is 2.61. The van der Waals surface area contributed by atoms with E-state index in [9.17, 15) is 9.59 Å². The number of carbonyl (C=O) groups excluding carboxylic acids is 2. The van der Waals surface area contributed by atoms with E-state index in [-0.39, 0.29) is 18.1 Å². The van der Waals surface area contributed by atoms with E-state index in [0.29, 0.717) is 17.9 Å². The molecule has 0 spiro atoms. The average molecular weight is 291 g/mol. The van der Waals surface area contributed by atoms with Gasteiger partial charge in [0.25, 0.3) is 5.91 Å². The Morgan fingerprint density at radius 2 is 2.10 bits per heavy atom. The predicted octanol–water partition coefficient (Wildman–Crippen LogP) is -0.320. The Balaban J connectivity index is 2.05. The fraction of sp³-hybridized carbons (Fsp3) is 0.333. The van der Waals surface area contributed by atoms with E-state index in [1.54, 1.807) is 24.1 Å². The highest BCUT2D eigenvalue weighted by atomic mass is 16.2. The van der Waals surface area contributed by atoms with Gasteiger partial charge in [0, 0.05) is 26.0 Å². The molecule has 0 aromatic carbocycles. The number of nitrogens with one attached hydrogen (secondary N) is 2. The topological polar surface area (TPSA) is 120 Å². The van der Waals surface area contributed by atoms with E-state index in [1.165, 1.54) is 10.9 Å². The first-order valence-corrected chi connectivity index (χ1v) is 6.40. The third-order valence-corrected chi connectivity index (χ3v) is 2.80. The van der Waals surface area contributed by atoms with Gasteiger partial charge < -0.3 is 16.4 Å². The average Bonchev–Trinajstić information content (AvgIpc) is 3.05. The number of nitrogens with two attached hydrogens (primary N) is 1. The number of rotatable bonds is 5. The van der Waals surface area contributed by atoms with Crippen LogP contribution in [0.1, 0.15) is 17.4 Å². The van der Waals surface area contributed by atoms with Crippen molar-refractivity contribution < 1.29 is 9.59 Å². The summed E-state index contributed by atoms with van der Waals surface area (Å²) in [5, 5.41) is 13.2. The summed E-state index contributed by atoms with van der Waals surface area (Å²) in [6.07, 6.45) is 4.61. The second kappa shape index (κ2) is 6.07. The highest BCUT2D eigenvalue weighted by molar-refractivity contribution is 6.06. The van der Waals surface area contributed by atoms with Crippen LogP contribution >= 0.6 is 0 Å². The van der Waals surface area contributed by atoms with Crippen LogP contribution in [0, 0.1) is 0 Å². The van der Waals surface area contributed by atoms with Gasteiger partial charge in [-0.3, -0.25) is 19.0 Å². The molecule has 2 aromatic rings. The number of nitrogens with zero attached hydrogens (tertiary/aromatic N) is 4. The SMILES string of the molecule is CCn1cc(N)c(C(=O)Nc2cnn(CC(=O)NC)c2)n1. The van der Waals surface area contributed by atoms with Crippen LogP contribution in [0.2, 0.25) is 0 Å². The van der Waals surface area contributed by atoms with E-state index in [2.05, 4.69) is 20.8 Å². The maximum absolute atomic E-state index is 12.1. The number of likely N-dealkylation sites (N-methyl/N-ethyl adjacent to an activating group) is 1. The first kappa shape index (κ1) is 14.6. The first-order chi connectivity index (χ1) is 10.0. The molecular formula is C12H17N7O2. The molecule has 0 radical (unpaired) electrons. The van der Waals surface area contributed by atoms with Crippen LogP contribution in [0.15, 0.2) is 18.6 Å². The second-order valence-electron chi connectivity index (χ2n) is 4.34. The lowest BCUT2D eigenvalue weighted by atomic mass is 10.3. The molecular weight excluding hydrogens is 274 g/mol. The third-order valence-electron chi connectivity index (χ3n) is 2.80. The van der Waals surface area contributed by atoms with Gasteiger partial charge in [0.1, 0.15) is 6.54 Å². The lowest BCUT2D eigenvalue weighted by molar-refractivity contribution is -0.121. The third kappa shape index (κ3) is 3.38. The molecule has 9 nitrogen and oxygen atoms in total. The number of amides is 2. The van der Waals surface area contributed by atoms with Gasteiger partial charge in [0.05, 0.1) is 17.6 Å². The van der Waals surface area contributed by atoms with Crippen molar-refractivity contribution in [3.8, 4) is 0 Å². The zero-order valence-electron chi connectivity index (χ0n) is 11.8. The lowest BCUT2D eigenvalue weighted by Gasteiger charge is -2.01. The van der Waals surface area contributed by atoms with Crippen LogP contribution in [0.4, 0.5) is 11.4 Å². The monoisotopic (exact) mass is 291 g/mol. The number of carbonyl (C=O) groups is 2. The number of hydrogen-bond acceptors (Lipinski definition) is 5. The van der Waals surface area contributed by atoms with Gasteiger partial charge in [-0.15, -0.1) is 0 Å². The molecule has 0 bridgehead atoms. The van der Waals surface area contributed by atoms with Gasteiger partial charge in [0.2, 0.25) is 5.91 Å². The van der Waals surface area contributed by atoms with Crippen LogP contribution in [0.25, 0.3) is 0 Å². The highest BCUT2D eigenvalue weighted by Gasteiger charge is 2.15. The quantitative estimate of drug-likeness (QED) is 0.697. The summed E-state index contributed by atoms with van der Waals surface area (Å²) in [6, 6.07) is 0. The molecule has 2 amide bonds. The molecule has 0 saturated carbocycles. The van der Waals surface area contributed by atoms with E-state index in [4.69, 9.17) is 5.73 Å². The Hall–Kier alpha value is -2.84. The van der Waals surface area contributed by atoms with Gasteiger partial charge in [-0.25, -0.2) is 0 Å². The minimum atomic E-state index is -0.417. The minimum Gasteiger partial charge on any atom is -0.396 e. The van der Waals surface area contributed by atoms with Crippen molar-refractivity contribution in [3.05, 3.63) is 24.3 Å². The summed E-state index contributed by atoms with van der Waals surface area (Å²) in [7, 11) is 1.54. The largest absolute Gasteiger partial charge is 0.396 e. The molecule has 112 valence electrons. The molecule has 9 heteroatoms. The van der Waals surface area contributed by atoms with Gasteiger partial charge in [-0.05, 0) is 6.92 Å². The van der Waals surface area contributed by atoms with Gasteiger partial charge >= 0.3 is 0 Å². The smallest absolute Gasteiger partial charge is 0.278 e. The Bertz CT molecular complexity index is 658. The Labute approximate surface area is 121 Å². The number of aromatic nitrogens is 4. The van der Waals surface area contributed by atoms with Crippen LogP contribution in [-0.4, -0.2) is 38.4 Å². The van der Waals surface area contributed by atoms with Crippen molar-refractivity contribution in [2.75, 3.05) is 18.1 Å². The highest BCUT2D eigenvalue weighted by Crippen LogP contribution is 2.12. The molecule has 0 aliphatic rings. The number of nitrogen functional groups attached to an aromatic ring is 1. The fourth-order valence-corrected chi connectivity index (χ4v) is 1.71. The van der Waals surface area contributed by atoms with Crippen molar-refractivity contribution in [3.63, 3.8) is 0 Å². The molecule has 2 aromatic heterocycles. The molecule has 4 N–H and O–H groups in total. The summed E-state index contributed by atoms with van der Waals surface area (Å²) in [4.78, 5) is 23.3. The summed E-state index contributed by atoms with van der Waals surface area (Å²) in [5.74, 6) is -0.596. The number of anilines is 2. The van der Waals surface area contributed by atoms with Gasteiger partial charge in [-0.1, -0.05) is 0 Å². The van der Waals surface area contributed by atoms with Gasteiger partial charge in [0.15, 0.2) is 5.69 Å². The predicted molar refractivity (Wildman–Crippen MR) is 76.6 cm³/mol. The van der Waals surface area contributed by atoms with E-state index in [1.807, 2.05) is 6.92 Å². The second-order valence-corrected chi connectivity index (χ2v) is 4.34. The van der Waals surface area contributed by atoms with Crippen LogP contribution in [-0.2, 0) is 17.9 Å². The molecule has 0 atom stereocenters. The van der Waals surface area contributed by atoms with E-state index in [0.717, 1.165) is 0 Å². The maximum Gasteiger partial charge on any atom is 0.278 e. The van der Waals surface area contributed by atoms with E-state index < -0.39 is 5.91 Å². The lowest BCUT2D eigenvalue weighted by Crippen LogP contribution is -2.23. The number of hydrogen-bond donors (Lipinski definition) is 3. The maximum atomic E-state index is 12.1. The normalized spacial score (nSPS) is 10.4. The van der Waals surface area contributed by atoms with Gasteiger partial charge in [-0.2, -0.15) is 10.2 Å². The van der Waals surface area contributed by atoms with Crippen molar-refractivity contribution in [1.29, 1.82) is 0 Å². The molecule has 21 heavy (non-hydrogen) atoms. The zero-order chi connectivity index (χ0) is 15.4. The Morgan fingerprint density at radius 3 is 2.71 bits per heavy atom. The Morgan fingerprint density at radius 1 is 1.33 bits per heavy atom. The Kier molecular flexibility index (Phi) is 4.21. The van der Waals surface area contributed by atoms with Crippen molar-refractivity contribution >= 4 is 23.2 Å². The number of aryl methyl sites for hydroxylation is 1. The molecule has 0 fully saturated rings. The standard InChI is InChI=1S/C12H17N7O2/c1-3-18-6-9(13)11(17-18)12(21)16-8-4-15-19(5-8)7-10(20)14-2/h4-6H,3,7,13H2,1-2H3,(H,14,20)(H,16,21). The van der Waals surface area contributed by atoms with Crippen molar-refractivity contribution in [1.82, 2.24) is 24.9 Å². The molecule has 0 saturated heterocycles. The first-order valence-electron chi connectivity index (χ1n) is 6.40. The molecule has 2 heterocycles. The van der Waals surface area contributed by atoms with Crippen molar-refractivity contribution in [2.24, 2.45) is 0 Å². The van der Waals surface area contributed by atoms with Crippen LogP contribution in [0.5, 0.6) is 0 Å². The summed E-state index contributed by atoms with van der Waals surface area (Å²) in [5.41, 5.74) is 6.68. The van der Waals surface area contributed by atoms with Crippen LogP contribution < -0.4 is 16.4 Å². The fourth-order valence-electron chi connectivity index (χ4n) is 1.71. The van der Waals surface area contributed by atoms with Crippen LogP contribution in [0.3, 0.4) is 0 Å². The molecule has 0 aliphatic carbocycles. The zero-order valence-corrected chi connectivity index (χ0v) is 11.8. The molecule has 0 unspecified atom stereocenters. The molecule has 2 rings (SSSR count). The minimum absolute atomic E-state index is 0.0823. The summed E-state index contributed by atoms with van der Waals surface area (Å²) >= 11 is 0. The summed E-state index contributed by atoms with van der Waals surface area (Å²) < 4.78 is 3.00. The van der Waals surface area contributed by atoms with Crippen molar-refractivity contribution in [2.45, 2.75) is 20.0 Å².